The first-order valence-corrected chi connectivity index (χ1v) is 6.24. The number of piperidine rings is 1. The van der Waals surface area contributed by atoms with Crippen molar-refractivity contribution in [3.8, 4) is 5.75 Å². The number of likely N-dealkylation sites (tertiary alicyclic amines) is 1. The van der Waals surface area contributed by atoms with E-state index < -0.39 is 12.0 Å². The number of ketones is 1. The van der Waals surface area contributed by atoms with E-state index in [4.69, 9.17) is 4.74 Å². The fourth-order valence-electron chi connectivity index (χ4n) is 2.33. The van der Waals surface area contributed by atoms with Gasteiger partial charge >= 0.3 is 5.97 Å². The highest BCUT2D eigenvalue weighted by Gasteiger charge is 2.30. The summed E-state index contributed by atoms with van der Waals surface area (Å²) in [4.78, 5) is 24.5. The SMILES string of the molecule is COc1ccc(C(C(=O)O)N2CCC(=O)CC2)cc1. The Morgan fingerprint density at radius 2 is 1.84 bits per heavy atom. The van der Waals surface area contributed by atoms with Gasteiger partial charge in [0, 0.05) is 25.9 Å². The van der Waals surface area contributed by atoms with Gasteiger partial charge in [0.15, 0.2) is 0 Å². The first-order chi connectivity index (χ1) is 9.11. The molecule has 1 atom stereocenters. The zero-order valence-electron chi connectivity index (χ0n) is 10.8. The second kappa shape index (κ2) is 5.84. The summed E-state index contributed by atoms with van der Waals surface area (Å²) in [5.41, 5.74) is 0.711. The lowest BCUT2D eigenvalue weighted by Crippen LogP contribution is -2.40. The van der Waals surface area contributed by atoms with Crippen LogP contribution in [0.1, 0.15) is 24.4 Å². The third kappa shape index (κ3) is 3.12. The van der Waals surface area contributed by atoms with Gasteiger partial charge in [-0.3, -0.25) is 14.5 Å². The molecular weight excluding hydrogens is 246 g/mol. The van der Waals surface area contributed by atoms with Gasteiger partial charge in [-0.15, -0.1) is 0 Å². The van der Waals surface area contributed by atoms with E-state index in [-0.39, 0.29) is 5.78 Å². The number of hydrogen-bond acceptors (Lipinski definition) is 4. The van der Waals surface area contributed by atoms with Gasteiger partial charge < -0.3 is 9.84 Å². The number of aliphatic carboxylic acids is 1. The van der Waals surface area contributed by atoms with Crippen molar-refractivity contribution >= 4 is 11.8 Å². The average molecular weight is 263 g/mol. The van der Waals surface area contributed by atoms with Crippen molar-refractivity contribution in [3.63, 3.8) is 0 Å². The summed E-state index contributed by atoms with van der Waals surface area (Å²) in [5.74, 6) is 0.0105. The molecule has 1 heterocycles. The number of benzene rings is 1. The molecule has 2 rings (SSSR count). The molecule has 19 heavy (non-hydrogen) atoms. The van der Waals surface area contributed by atoms with Gasteiger partial charge in [0.1, 0.15) is 17.6 Å². The second-order valence-corrected chi connectivity index (χ2v) is 4.59. The molecule has 0 amide bonds. The quantitative estimate of drug-likeness (QED) is 0.891. The van der Waals surface area contributed by atoms with Crippen LogP contribution in [0.15, 0.2) is 24.3 Å². The number of methoxy groups -OCH3 is 1. The van der Waals surface area contributed by atoms with Crippen molar-refractivity contribution < 1.29 is 19.4 Å². The fourth-order valence-corrected chi connectivity index (χ4v) is 2.33. The normalized spacial score (nSPS) is 18.1. The number of rotatable bonds is 4. The Bertz CT molecular complexity index is 459. The van der Waals surface area contributed by atoms with Crippen LogP contribution in [-0.2, 0) is 9.59 Å². The monoisotopic (exact) mass is 263 g/mol. The van der Waals surface area contributed by atoms with Crippen molar-refractivity contribution in [3.05, 3.63) is 29.8 Å². The maximum atomic E-state index is 11.5. The highest BCUT2D eigenvalue weighted by Crippen LogP contribution is 2.25. The van der Waals surface area contributed by atoms with Crippen molar-refractivity contribution in [2.24, 2.45) is 0 Å². The third-order valence-electron chi connectivity index (χ3n) is 3.39. The minimum Gasteiger partial charge on any atom is -0.497 e. The van der Waals surface area contributed by atoms with Crippen LogP contribution in [0.3, 0.4) is 0 Å². The first kappa shape index (κ1) is 13.5. The van der Waals surface area contributed by atoms with E-state index >= 15 is 0 Å². The molecule has 1 aliphatic heterocycles. The molecule has 1 N–H and O–H groups in total. The van der Waals surface area contributed by atoms with E-state index in [0.29, 0.717) is 37.2 Å². The maximum Gasteiger partial charge on any atom is 0.325 e. The Kier molecular flexibility index (Phi) is 4.16. The van der Waals surface area contributed by atoms with Gasteiger partial charge in [0.2, 0.25) is 0 Å². The molecule has 102 valence electrons. The Hall–Kier alpha value is -1.88. The predicted molar refractivity (Wildman–Crippen MR) is 69.2 cm³/mol. The van der Waals surface area contributed by atoms with Crippen molar-refractivity contribution in [2.45, 2.75) is 18.9 Å². The predicted octanol–water partition coefficient (Wildman–Crippen LogP) is 1.49. The molecule has 1 aliphatic rings. The van der Waals surface area contributed by atoms with Crippen molar-refractivity contribution in [2.75, 3.05) is 20.2 Å². The summed E-state index contributed by atoms with van der Waals surface area (Å²) in [5, 5.41) is 9.41. The number of carbonyl (C=O) groups excluding carboxylic acids is 1. The summed E-state index contributed by atoms with van der Waals surface area (Å²) in [6, 6.07) is 6.32. The number of carbonyl (C=O) groups is 2. The Morgan fingerprint density at radius 1 is 1.26 bits per heavy atom. The molecule has 5 heteroatoms. The summed E-state index contributed by atoms with van der Waals surface area (Å²) in [6.45, 7) is 1.00. The molecule has 0 radical (unpaired) electrons. The van der Waals surface area contributed by atoms with Gasteiger partial charge in [-0.05, 0) is 17.7 Å². The number of carboxylic acid groups (broad SMARTS) is 1. The lowest BCUT2D eigenvalue weighted by Gasteiger charge is -2.31. The fraction of sp³-hybridized carbons (Fsp3) is 0.429. The van der Waals surface area contributed by atoms with Gasteiger partial charge in [-0.2, -0.15) is 0 Å². The van der Waals surface area contributed by atoms with Crippen LogP contribution in [0.25, 0.3) is 0 Å². The van der Waals surface area contributed by atoms with Crippen LogP contribution in [0, 0.1) is 0 Å². The van der Waals surface area contributed by atoms with E-state index in [9.17, 15) is 14.7 Å². The Balaban J connectivity index is 2.19. The van der Waals surface area contributed by atoms with Crippen LogP contribution in [0.4, 0.5) is 0 Å². The minimum atomic E-state index is -0.889. The lowest BCUT2D eigenvalue weighted by molar-refractivity contribution is -0.145. The number of nitrogens with zero attached hydrogens (tertiary/aromatic N) is 1. The molecule has 0 aliphatic carbocycles. The van der Waals surface area contributed by atoms with Crippen LogP contribution < -0.4 is 4.74 Å². The lowest BCUT2D eigenvalue weighted by atomic mass is 10.0. The van der Waals surface area contributed by atoms with Crippen molar-refractivity contribution in [1.82, 2.24) is 4.90 Å². The summed E-state index contributed by atoms with van der Waals surface area (Å²) < 4.78 is 5.06. The molecule has 0 saturated carbocycles. The van der Waals surface area contributed by atoms with Crippen molar-refractivity contribution in [1.29, 1.82) is 0 Å². The first-order valence-electron chi connectivity index (χ1n) is 6.24. The zero-order valence-corrected chi connectivity index (χ0v) is 10.8. The summed E-state index contributed by atoms with van der Waals surface area (Å²) in [7, 11) is 1.57. The Labute approximate surface area is 111 Å². The molecular formula is C14H17NO4. The van der Waals surface area contributed by atoms with Gasteiger partial charge in [-0.25, -0.2) is 0 Å². The molecule has 1 saturated heterocycles. The summed E-state index contributed by atoms with van der Waals surface area (Å²) >= 11 is 0. The topological polar surface area (TPSA) is 66.8 Å². The highest BCUT2D eigenvalue weighted by molar-refractivity contribution is 5.80. The standard InChI is InChI=1S/C14H17NO4/c1-19-12-4-2-10(3-5-12)13(14(17)18)15-8-6-11(16)7-9-15/h2-5,13H,6-9H2,1H3,(H,17,18). The minimum absolute atomic E-state index is 0.204. The molecule has 1 aromatic rings. The summed E-state index contributed by atoms with van der Waals surface area (Å²) in [6.07, 6.45) is 0.861. The maximum absolute atomic E-state index is 11.5. The van der Waals surface area contributed by atoms with Crippen LogP contribution in [0.5, 0.6) is 5.75 Å². The van der Waals surface area contributed by atoms with Crippen LogP contribution in [0.2, 0.25) is 0 Å². The number of Topliss-reactive ketones (excluding diaryl/α,β-unsaturated/α-hetero) is 1. The zero-order chi connectivity index (χ0) is 13.8. The molecule has 5 nitrogen and oxygen atoms in total. The smallest absolute Gasteiger partial charge is 0.325 e. The molecule has 0 bridgehead atoms. The van der Waals surface area contributed by atoms with E-state index in [1.165, 1.54) is 0 Å². The number of ether oxygens (including phenoxy) is 1. The molecule has 0 aromatic heterocycles. The third-order valence-corrected chi connectivity index (χ3v) is 3.39. The Morgan fingerprint density at radius 3 is 2.32 bits per heavy atom. The number of carboxylic acids is 1. The van der Waals surface area contributed by atoms with E-state index in [1.807, 2.05) is 4.90 Å². The van der Waals surface area contributed by atoms with Crippen LogP contribution >= 0.6 is 0 Å². The van der Waals surface area contributed by atoms with Crippen LogP contribution in [-0.4, -0.2) is 42.0 Å². The molecule has 1 aromatic carbocycles. The highest BCUT2D eigenvalue weighted by atomic mass is 16.5. The van der Waals surface area contributed by atoms with E-state index in [1.54, 1.807) is 31.4 Å². The molecule has 0 spiro atoms. The average Bonchev–Trinajstić information content (AvgIpc) is 2.42. The largest absolute Gasteiger partial charge is 0.497 e. The second-order valence-electron chi connectivity index (χ2n) is 4.59. The van der Waals surface area contributed by atoms with Gasteiger partial charge in [0.25, 0.3) is 0 Å². The van der Waals surface area contributed by atoms with E-state index in [2.05, 4.69) is 0 Å². The molecule has 1 fully saturated rings. The van der Waals surface area contributed by atoms with Gasteiger partial charge in [0.05, 0.1) is 7.11 Å². The molecule has 1 unspecified atom stereocenters. The van der Waals surface area contributed by atoms with Gasteiger partial charge in [-0.1, -0.05) is 12.1 Å². The number of hydrogen-bond donors (Lipinski definition) is 1. The van der Waals surface area contributed by atoms with E-state index in [0.717, 1.165) is 0 Å².